The fraction of sp³-hybridized carbons (Fsp3) is 0.765. The molecule has 0 saturated carbocycles. The molecule has 4 unspecified atom stereocenters. The quantitative estimate of drug-likeness (QED) is 0.131. The van der Waals surface area contributed by atoms with E-state index in [1.807, 2.05) is 0 Å². The summed E-state index contributed by atoms with van der Waals surface area (Å²) >= 11 is 0. The fourth-order valence-electron chi connectivity index (χ4n) is 2.49. The predicted molar refractivity (Wildman–Crippen MR) is 99.2 cm³/mol. The van der Waals surface area contributed by atoms with Gasteiger partial charge in [0.15, 0.2) is 50.8 Å². The van der Waals surface area contributed by atoms with Crippen molar-refractivity contribution < 1.29 is 110 Å². The molecule has 0 aromatic heterocycles. The van der Waals surface area contributed by atoms with Gasteiger partial charge in [0.1, 0.15) is 0 Å². The Morgan fingerprint density at radius 3 is 1.21 bits per heavy atom. The summed E-state index contributed by atoms with van der Waals surface area (Å²) in [5, 5.41) is 0. The lowest BCUT2D eigenvalue weighted by atomic mass is 10.1. The highest BCUT2D eigenvalue weighted by molar-refractivity contribution is 6.39. The number of hydrogen-bond acceptors (Lipinski definition) is 12. The highest BCUT2D eigenvalue weighted by atomic mass is 19.4. The molecule has 4 atom stereocenters. The lowest BCUT2D eigenvalue weighted by Crippen LogP contribution is -2.49. The first-order valence-electron chi connectivity index (χ1n) is 10.3. The highest BCUT2D eigenvalue weighted by Gasteiger charge is 2.55. The first-order chi connectivity index (χ1) is 18.9. The molecule has 0 aliphatic carbocycles. The van der Waals surface area contributed by atoms with Crippen LogP contribution in [0.15, 0.2) is 0 Å². The van der Waals surface area contributed by atoms with E-state index in [2.05, 4.69) is 37.6 Å². The molecule has 0 radical (unpaired) electrons. The zero-order valence-corrected chi connectivity index (χ0v) is 20.1. The number of alkyl halides is 12. The van der Waals surface area contributed by atoms with Crippen LogP contribution in [0.2, 0.25) is 0 Å². The molecule has 0 N–H and O–H groups in total. The van der Waals surface area contributed by atoms with Gasteiger partial charge in [0.25, 0.3) is 0 Å². The van der Waals surface area contributed by atoms with Crippen molar-refractivity contribution in [1.82, 2.24) is 0 Å². The Kier molecular flexibility index (Phi) is 12.7. The zero-order chi connectivity index (χ0) is 32.7. The van der Waals surface area contributed by atoms with Crippen LogP contribution >= 0.6 is 0 Å². The number of rotatable bonds is 12. The average molecular weight is 650 g/mol. The Bertz CT molecular complexity index is 913. The molecule has 0 spiro atoms. The van der Waals surface area contributed by atoms with Crippen molar-refractivity contribution in [2.24, 2.45) is 0 Å². The summed E-state index contributed by atoms with van der Waals surface area (Å²) in [6.07, 6.45) is -32.0. The van der Waals surface area contributed by atoms with Gasteiger partial charge in [0.2, 0.25) is 0 Å². The van der Waals surface area contributed by atoms with Crippen LogP contribution in [0, 0.1) is 0 Å². The Hall–Kier alpha value is -3.06. The van der Waals surface area contributed by atoms with Crippen LogP contribution in [-0.4, -0.2) is 114 Å². The summed E-state index contributed by atoms with van der Waals surface area (Å²) in [7, 11) is -2.34. The van der Waals surface area contributed by atoms with Crippen molar-refractivity contribution in [3.8, 4) is 0 Å². The molecular weight excluding hydrogens is 635 g/mol. The van der Waals surface area contributed by atoms with Crippen molar-refractivity contribution in [2.45, 2.75) is 49.1 Å². The molecule has 1 aliphatic heterocycles. The van der Waals surface area contributed by atoms with Crippen LogP contribution in [0.1, 0.15) is 0 Å². The number of halogens is 12. The molecule has 242 valence electrons. The second-order valence-electron chi connectivity index (χ2n) is 7.51. The van der Waals surface area contributed by atoms with Gasteiger partial charge in [-0.15, -0.1) is 0 Å². The summed E-state index contributed by atoms with van der Waals surface area (Å²) in [6.45, 7) is -9.41. The van der Waals surface area contributed by atoms with Gasteiger partial charge in [-0.05, 0) is 0 Å². The van der Waals surface area contributed by atoms with Crippen molar-refractivity contribution >= 4 is 31.2 Å². The van der Waals surface area contributed by atoms with Gasteiger partial charge >= 0.3 is 55.9 Å². The Morgan fingerprint density at radius 2 is 0.905 bits per heavy atom. The average Bonchev–Trinajstić information content (AvgIpc) is 3.25. The minimum atomic E-state index is -5.24. The van der Waals surface area contributed by atoms with Crippen LogP contribution in [0.25, 0.3) is 0 Å². The number of carbonyl (C=O) groups excluding carboxylic acids is 4. The molecule has 42 heavy (non-hydrogen) atoms. The minimum absolute atomic E-state index is 0.484. The van der Waals surface area contributed by atoms with E-state index in [-0.39, 0.29) is 0 Å². The van der Waals surface area contributed by atoms with Gasteiger partial charge in [0, 0.05) is 7.11 Å². The number of methoxy groups -OCH3 is 1. The molecule has 1 fully saturated rings. The third-order valence-electron chi connectivity index (χ3n) is 4.02. The van der Waals surface area contributed by atoms with Crippen molar-refractivity contribution in [3.63, 3.8) is 0 Å². The largest absolute Gasteiger partial charge is 0.641 e. The highest BCUT2D eigenvalue weighted by Crippen LogP contribution is 2.26. The second-order valence-corrected chi connectivity index (χ2v) is 7.51. The third-order valence-corrected chi connectivity index (χ3v) is 4.02. The van der Waals surface area contributed by atoms with E-state index in [1.54, 1.807) is 0 Å². The smallest absolute Gasteiger partial charge is 0.454 e. The molecule has 12 nitrogen and oxygen atoms in total. The molecule has 1 saturated heterocycles. The van der Waals surface area contributed by atoms with E-state index in [1.165, 1.54) is 0 Å². The van der Waals surface area contributed by atoms with Crippen LogP contribution in [0.3, 0.4) is 0 Å². The van der Waals surface area contributed by atoms with Crippen LogP contribution in [-0.2, 0) is 56.8 Å². The zero-order valence-electron chi connectivity index (χ0n) is 20.1. The van der Waals surface area contributed by atoms with Crippen molar-refractivity contribution in [3.05, 3.63) is 0 Å². The Balaban J connectivity index is 3.28. The summed E-state index contributed by atoms with van der Waals surface area (Å²) in [4.78, 5) is 48.3. The Labute approximate surface area is 224 Å². The van der Waals surface area contributed by atoms with Crippen LogP contribution < -0.4 is 0 Å². The molecule has 0 amide bonds. The van der Waals surface area contributed by atoms with Crippen molar-refractivity contribution in [1.29, 1.82) is 0 Å². The Morgan fingerprint density at radius 1 is 0.595 bits per heavy atom. The number of hydrogen-bond donors (Lipinski definition) is 0. The molecule has 0 bridgehead atoms. The second kappa shape index (κ2) is 14.4. The summed E-state index contributed by atoms with van der Waals surface area (Å²) < 4.78 is 182. The van der Waals surface area contributed by atoms with E-state index in [0.29, 0.717) is 7.11 Å². The molecule has 0 aromatic rings. The van der Waals surface area contributed by atoms with E-state index < -0.39 is 107 Å². The maximum Gasteiger partial charge on any atom is 0.641 e. The predicted octanol–water partition coefficient (Wildman–Crippen LogP) is 1.58. The van der Waals surface area contributed by atoms with Gasteiger partial charge in [-0.25, -0.2) is 19.2 Å². The fourth-order valence-corrected chi connectivity index (χ4v) is 2.49. The van der Waals surface area contributed by atoms with E-state index in [4.69, 9.17) is 0 Å². The van der Waals surface area contributed by atoms with Gasteiger partial charge in [-0.2, -0.15) is 52.7 Å². The molecule has 1 heterocycles. The maximum absolute atomic E-state index is 12.5. The molecule has 25 heteroatoms. The molecule has 0 aromatic carbocycles. The van der Waals surface area contributed by atoms with E-state index in [9.17, 15) is 71.9 Å². The molecule has 1 aliphatic rings. The first kappa shape index (κ1) is 37.0. The third kappa shape index (κ3) is 13.7. The molecular formula is C17H15BF12O12. The lowest BCUT2D eigenvalue weighted by Gasteiger charge is -2.24. The maximum atomic E-state index is 12.5. The van der Waals surface area contributed by atoms with E-state index in [0.717, 1.165) is 0 Å². The summed E-state index contributed by atoms with van der Waals surface area (Å²) in [6, 6.07) is 0. The summed E-state index contributed by atoms with van der Waals surface area (Å²) in [5.74, 6) is -8.70. The number of esters is 4. The first-order valence-corrected chi connectivity index (χ1v) is 10.3. The standard InChI is InChI=1S/C17H15BF12O12/c1-35-6(10(31)36-2-14(19,20)21)7(11(32)37-3-15(22,23)24)40-18-41-8(12(33)38-4-16(25,26)27)9(42-18)13(34)39-5-17(28,29)30/h6-9H,2-5H2,1H3. The van der Waals surface area contributed by atoms with Gasteiger partial charge < -0.3 is 37.6 Å². The normalized spacial score (nSPS) is 19.6. The van der Waals surface area contributed by atoms with Crippen molar-refractivity contribution in [2.75, 3.05) is 33.5 Å². The van der Waals surface area contributed by atoms with E-state index >= 15 is 0 Å². The van der Waals surface area contributed by atoms with Crippen LogP contribution in [0.4, 0.5) is 52.7 Å². The number of carbonyl (C=O) groups is 4. The molecule has 1 rings (SSSR count). The van der Waals surface area contributed by atoms with Gasteiger partial charge in [0.05, 0.1) is 0 Å². The SMILES string of the molecule is COC(C(=O)OCC(F)(F)F)C(OB1OC(C(=O)OCC(F)(F)F)C(C(=O)OCC(F)(F)F)O1)C(=O)OCC(F)(F)F. The van der Waals surface area contributed by atoms with Gasteiger partial charge in [-0.1, -0.05) is 0 Å². The summed E-state index contributed by atoms with van der Waals surface area (Å²) in [5.41, 5.74) is 0. The number of ether oxygens (including phenoxy) is 5. The van der Waals surface area contributed by atoms with Gasteiger partial charge in [-0.3, -0.25) is 0 Å². The topological polar surface area (TPSA) is 142 Å². The minimum Gasteiger partial charge on any atom is -0.454 e. The monoisotopic (exact) mass is 650 g/mol. The van der Waals surface area contributed by atoms with Crippen LogP contribution in [0.5, 0.6) is 0 Å². The lowest BCUT2D eigenvalue weighted by molar-refractivity contribution is -0.205.